The molecule has 0 atom stereocenters. The van der Waals surface area contributed by atoms with Gasteiger partial charge in [0, 0.05) is 16.9 Å². The van der Waals surface area contributed by atoms with Crippen LogP contribution >= 0.6 is 0 Å². The monoisotopic (exact) mass is 328 g/mol. The molecule has 23 heavy (non-hydrogen) atoms. The van der Waals surface area contributed by atoms with Gasteiger partial charge in [-0.15, -0.1) is 0 Å². The Balaban J connectivity index is 3.10. The van der Waals surface area contributed by atoms with Crippen molar-refractivity contribution in [2.45, 2.75) is 33.9 Å². The van der Waals surface area contributed by atoms with Crippen LogP contribution in [0.4, 0.5) is 13.2 Å². The maximum absolute atomic E-state index is 13.3. The molecule has 0 saturated heterocycles. The number of Topliss-reactive ketones (excluding diaryl/α,β-unsaturated/α-hetero) is 1. The van der Waals surface area contributed by atoms with Crippen LogP contribution in [-0.2, 0) is 6.18 Å². The Morgan fingerprint density at radius 2 is 1.74 bits per heavy atom. The number of fused-ring (bicyclic) bond motifs is 1. The van der Waals surface area contributed by atoms with Crippen LogP contribution in [-0.4, -0.2) is 10.5 Å². The third-order valence-corrected chi connectivity index (χ3v) is 3.69. The minimum atomic E-state index is -5.12. The van der Waals surface area contributed by atoms with Gasteiger partial charge in [-0.2, -0.15) is 13.2 Å². The number of carbonyl (C=O) groups excluding carboxylic acids is 1. The van der Waals surface area contributed by atoms with Crippen LogP contribution in [0.25, 0.3) is 11.0 Å². The number of ketones is 1. The lowest BCUT2D eigenvalue weighted by Gasteiger charge is -2.21. The van der Waals surface area contributed by atoms with Gasteiger partial charge >= 0.3 is 11.9 Å². The molecular weight excluding hydrogens is 313 g/mol. The number of nitrogens with zero attached hydrogens (tertiary/aromatic N) is 2. The number of hydrogen-bond acceptors (Lipinski definition) is 3. The Morgan fingerprint density at radius 3 is 2.22 bits per heavy atom. The molecule has 0 N–H and O–H groups in total. The molecule has 0 radical (unpaired) electrons. The molecule has 0 spiro atoms. The Labute approximate surface area is 129 Å². The molecule has 0 aliphatic heterocycles. The van der Waals surface area contributed by atoms with E-state index in [1.807, 2.05) is 0 Å². The summed E-state index contributed by atoms with van der Waals surface area (Å²) < 4.78 is 39.4. The van der Waals surface area contributed by atoms with Gasteiger partial charge in [-0.25, -0.2) is 0 Å². The normalized spacial score (nSPS) is 12.2. The summed E-state index contributed by atoms with van der Waals surface area (Å²) in [6.07, 6.45) is -5.12. The van der Waals surface area contributed by atoms with Crippen LogP contribution < -0.4 is 4.43 Å². The topological polar surface area (TPSA) is 68.0 Å². The SMILES string of the molecule is Cc1cc2c(cc1C)[n+](=O)c(C(=O)C(C)C)c(C(F)(F)F)n2[O-]. The molecular formula is C15H15F3N2O3. The summed E-state index contributed by atoms with van der Waals surface area (Å²) in [7, 11) is 0. The molecule has 8 heteroatoms. The predicted molar refractivity (Wildman–Crippen MR) is 77.7 cm³/mol. The van der Waals surface area contributed by atoms with Crippen molar-refractivity contribution in [3.63, 3.8) is 0 Å². The number of alkyl halides is 3. The van der Waals surface area contributed by atoms with Crippen LogP contribution in [0, 0.1) is 29.9 Å². The predicted octanol–water partition coefficient (Wildman–Crippen LogP) is 3.38. The maximum atomic E-state index is 13.3. The van der Waals surface area contributed by atoms with Crippen LogP contribution in [0.5, 0.6) is 0 Å². The van der Waals surface area contributed by atoms with Gasteiger partial charge in [0.05, 0.1) is 4.43 Å². The second-order valence-corrected chi connectivity index (χ2v) is 5.73. The standard InChI is InChI=1S/C15H15F3N2O3/c1-7(2)13(21)12-14(15(16,17)18)20(23)11-6-9(4)8(3)5-10(11)19(12)22/h5-7H,1-4H3. The van der Waals surface area contributed by atoms with Gasteiger partial charge in [-0.1, -0.05) is 13.8 Å². The van der Waals surface area contributed by atoms with Gasteiger partial charge in [0.15, 0.2) is 0 Å². The Kier molecular flexibility index (Phi) is 3.96. The molecule has 5 nitrogen and oxygen atoms in total. The number of carbonyl (C=O) groups is 1. The first-order chi connectivity index (χ1) is 10.5. The fraction of sp³-hybridized carbons (Fsp3) is 0.400. The number of rotatable bonds is 2. The first-order valence-electron chi connectivity index (χ1n) is 6.88. The van der Waals surface area contributed by atoms with Crippen molar-refractivity contribution in [1.29, 1.82) is 0 Å². The summed E-state index contributed by atoms with van der Waals surface area (Å²) in [5.41, 5.74) is -2.43. The van der Waals surface area contributed by atoms with Crippen LogP contribution in [0.2, 0.25) is 0 Å². The third kappa shape index (κ3) is 2.69. The van der Waals surface area contributed by atoms with Crippen molar-refractivity contribution in [3.8, 4) is 0 Å². The van der Waals surface area contributed by atoms with E-state index in [9.17, 15) is 28.1 Å². The molecule has 0 aliphatic carbocycles. The van der Waals surface area contributed by atoms with Crippen molar-refractivity contribution in [2.24, 2.45) is 5.92 Å². The van der Waals surface area contributed by atoms with Crippen molar-refractivity contribution in [1.82, 2.24) is 4.73 Å². The lowest BCUT2D eigenvalue weighted by Crippen LogP contribution is -2.36. The molecule has 1 aromatic carbocycles. The highest BCUT2D eigenvalue weighted by atomic mass is 19.4. The zero-order valence-corrected chi connectivity index (χ0v) is 13.0. The van der Waals surface area contributed by atoms with Gasteiger partial charge in [0.1, 0.15) is 5.52 Å². The summed E-state index contributed by atoms with van der Waals surface area (Å²) in [6, 6.07) is 2.52. The molecule has 2 rings (SSSR count). The molecule has 0 saturated carbocycles. The summed E-state index contributed by atoms with van der Waals surface area (Å²) >= 11 is 0. The highest BCUT2D eigenvalue weighted by Gasteiger charge is 2.45. The van der Waals surface area contributed by atoms with E-state index in [0.717, 1.165) is 0 Å². The first-order valence-corrected chi connectivity index (χ1v) is 6.88. The van der Waals surface area contributed by atoms with E-state index in [1.165, 1.54) is 26.0 Å². The highest BCUT2D eigenvalue weighted by molar-refractivity contribution is 5.96. The van der Waals surface area contributed by atoms with Crippen molar-refractivity contribution < 1.29 is 22.4 Å². The summed E-state index contributed by atoms with van der Waals surface area (Å²) in [5, 5.41) is 12.2. The summed E-state index contributed by atoms with van der Waals surface area (Å²) in [5.74, 6) is -1.89. The number of hydrogen-bond donors (Lipinski definition) is 0. The van der Waals surface area contributed by atoms with Crippen LogP contribution in [0.1, 0.15) is 41.2 Å². The van der Waals surface area contributed by atoms with Gasteiger partial charge in [-0.05, 0) is 31.0 Å². The maximum Gasteiger partial charge on any atom is 0.438 e. The fourth-order valence-electron chi connectivity index (χ4n) is 2.28. The quantitative estimate of drug-likeness (QED) is 0.627. The molecule has 0 unspecified atom stereocenters. The van der Waals surface area contributed by atoms with Gasteiger partial charge < -0.3 is 9.94 Å². The van der Waals surface area contributed by atoms with Crippen LogP contribution in [0.15, 0.2) is 12.1 Å². The van der Waals surface area contributed by atoms with Crippen molar-refractivity contribution in [3.05, 3.63) is 44.8 Å². The molecule has 0 aliphatic rings. The molecule has 2 aromatic rings. The average Bonchev–Trinajstić information content (AvgIpc) is 2.42. The van der Waals surface area contributed by atoms with E-state index in [0.29, 0.717) is 11.1 Å². The number of benzene rings is 1. The van der Waals surface area contributed by atoms with E-state index in [2.05, 4.69) is 0 Å². The second-order valence-electron chi connectivity index (χ2n) is 5.73. The zero-order chi connectivity index (χ0) is 17.7. The lowest BCUT2D eigenvalue weighted by atomic mass is 10.0. The average molecular weight is 328 g/mol. The van der Waals surface area contributed by atoms with Crippen molar-refractivity contribution >= 4 is 16.8 Å². The number of halogens is 3. The second kappa shape index (κ2) is 5.36. The largest absolute Gasteiger partial charge is 0.805 e. The van der Waals surface area contributed by atoms with E-state index in [-0.39, 0.29) is 14.7 Å². The number of aromatic nitrogens is 2. The van der Waals surface area contributed by atoms with Gasteiger partial charge in [0.2, 0.25) is 11.5 Å². The third-order valence-electron chi connectivity index (χ3n) is 3.69. The minimum absolute atomic E-state index is 0.0820. The van der Waals surface area contributed by atoms with Crippen molar-refractivity contribution in [2.75, 3.05) is 0 Å². The Bertz CT molecular complexity index is 867. The molecule has 124 valence electrons. The molecule has 0 fully saturated rings. The van der Waals surface area contributed by atoms with E-state index in [4.69, 9.17) is 0 Å². The fourth-order valence-corrected chi connectivity index (χ4v) is 2.28. The van der Waals surface area contributed by atoms with E-state index >= 15 is 0 Å². The molecule has 0 amide bonds. The zero-order valence-electron chi connectivity index (χ0n) is 13.0. The number of aryl methyl sites for hydroxylation is 2. The van der Waals surface area contributed by atoms with E-state index in [1.54, 1.807) is 13.8 Å². The van der Waals surface area contributed by atoms with Crippen LogP contribution in [0.3, 0.4) is 0 Å². The summed E-state index contributed by atoms with van der Waals surface area (Å²) in [6.45, 7) is 6.00. The first kappa shape index (κ1) is 17.0. The highest BCUT2D eigenvalue weighted by Crippen LogP contribution is 2.33. The lowest BCUT2D eigenvalue weighted by molar-refractivity contribution is -0.470. The molecule has 1 aromatic heterocycles. The minimum Gasteiger partial charge on any atom is -0.805 e. The van der Waals surface area contributed by atoms with Gasteiger partial charge in [-0.3, -0.25) is 4.79 Å². The summed E-state index contributed by atoms with van der Waals surface area (Å²) in [4.78, 5) is 24.5. The molecule has 0 bridgehead atoms. The smallest absolute Gasteiger partial charge is 0.438 e. The molecule has 1 heterocycles. The Morgan fingerprint density at radius 1 is 1.22 bits per heavy atom. The van der Waals surface area contributed by atoms with E-state index < -0.39 is 34.8 Å². The Hall–Kier alpha value is -2.38. The van der Waals surface area contributed by atoms with Gasteiger partial charge in [0.25, 0.3) is 5.52 Å².